The summed E-state index contributed by atoms with van der Waals surface area (Å²) >= 11 is 1.24. The van der Waals surface area contributed by atoms with Crippen LogP contribution in [0.1, 0.15) is 15.9 Å². The minimum atomic E-state index is -1.02. The molecule has 0 aliphatic carbocycles. The average Bonchev–Trinajstić information content (AvgIpc) is 3.04. The molecule has 3 N–H and O–H groups in total. The van der Waals surface area contributed by atoms with Crippen molar-refractivity contribution >= 4 is 34.4 Å². The first-order valence-corrected chi connectivity index (χ1v) is 8.38. The highest BCUT2D eigenvalue weighted by atomic mass is 32.1. The number of nitrogens with two attached hydrogens (primary N) is 1. The fraction of sp³-hybridized carbons (Fsp3) is 0.250. The summed E-state index contributed by atoms with van der Waals surface area (Å²) in [4.78, 5) is 40.4. The Kier molecular flexibility index (Phi) is 4.66. The van der Waals surface area contributed by atoms with Gasteiger partial charge in [0.1, 0.15) is 0 Å². The Balaban J connectivity index is 1.75. The van der Waals surface area contributed by atoms with E-state index in [1.807, 2.05) is 18.2 Å². The third-order valence-electron chi connectivity index (χ3n) is 3.80. The van der Waals surface area contributed by atoms with Gasteiger partial charge in [-0.3, -0.25) is 14.9 Å². The Bertz CT molecular complexity index is 848. The molecule has 1 aliphatic rings. The maximum atomic E-state index is 12.3. The molecule has 0 fully saturated rings. The van der Waals surface area contributed by atoms with Crippen molar-refractivity contribution in [1.82, 2.24) is 9.88 Å². The predicted octanol–water partition coefficient (Wildman–Crippen LogP) is 1.47. The number of nitrogens with one attached hydrogen (secondary N) is 1. The monoisotopic (exact) mass is 360 g/mol. The van der Waals surface area contributed by atoms with Gasteiger partial charge in [-0.1, -0.05) is 12.1 Å². The smallest absolute Gasteiger partial charge is 0.405 e. The second-order valence-electron chi connectivity index (χ2n) is 5.54. The van der Waals surface area contributed by atoms with E-state index in [4.69, 9.17) is 5.73 Å². The topological polar surface area (TPSA) is 115 Å². The molecule has 2 heterocycles. The molecule has 1 aromatic heterocycles. The van der Waals surface area contributed by atoms with Gasteiger partial charge in [0.2, 0.25) is 0 Å². The summed E-state index contributed by atoms with van der Waals surface area (Å²) < 4.78 is 4.41. The highest BCUT2D eigenvalue weighted by molar-refractivity contribution is 7.14. The molecular formula is C16H16N4O4S. The van der Waals surface area contributed by atoms with Gasteiger partial charge < -0.3 is 15.4 Å². The van der Waals surface area contributed by atoms with Crippen LogP contribution in [0.4, 0.5) is 9.93 Å². The number of thiazole rings is 1. The fourth-order valence-electron chi connectivity index (χ4n) is 2.50. The normalized spacial score (nSPS) is 13.3. The summed E-state index contributed by atoms with van der Waals surface area (Å²) in [6.07, 6.45) is -0.186. The first kappa shape index (κ1) is 16.9. The average molecular weight is 360 g/mol. The molecule has 3 amide bonds. The molecular weight excluding hydrogens is 344 g/mol. The number of carbonyl (C=O) groups excluding carboxylic acids is 3. The summed E-state index contributed by atoms with van der Waals surface area (Å²) in [5, 5.41) is 4.68. The Morgan fingerprint density at radius 3 is 3.00 bits per heavy atom. The van der Waals surface area contributed by atoms with E-state index in [9.17, 15) is 14.4 Å². The number of likely N-dealkylation sites (N-methyl/N-ethyl adjacent to an activating group) is 1. The number of benzene rings is 1. The maximum absolute atomic E-state index is 12.3. The van der Waals surface area contributed by atoms with Crippen molar-refractivity contribution in [1.29, 1.82) is 0 Å². The maximum Gasteiger partial charge on any atom is 0.405 e. The fourth-order valence-corrected chi connectivity index (χ4v) is 3.24. The van der Waals surface area contributed by atoms with E-state index in [1.165, 1.54) is 11.3 Å². The lowest BCUT2D eigenvalue weighted by molar-refractivity contribution is -0.118. The number of anilines is 1. The van der Waals surface area contributed by atoms with Crippen molar-refractivity contribution in [3.05, 3.63) is 34.7 Å². The van der Waals surface area contributed by atoms with Crippen LogP contribution in [-0.4, -0.2) is 48.0 Å². The summed E-state index contributed by atoms with van der Waals surface area (Å²) in [5.41, 5.74) is 7.96. The Morgan fingerprint density at radius 2 is 2.24 bits per heavy atom. The number of carbonyl (C=O) groups is 3. The standard InChI is InChI=1S/C16H16N4O4S/c1-20-5-4-9-2-3-10(6-11(9)14(20)22)12-8-25-16(18-12)19-13(21)7-24-15(17)23/h2-3,6,8H,4-5,7H2,1H3,(H2,17,23)(H,18,19,21). The summed E-state index contributed by atoms with van der Waals surface area (Å²) in [6, 6.07) is 5.67. The van der Waals surface area contributed by atoms with Gasteiger partial charge in [-0.25, -0.2) is 9.78 Å². The lowest BCUT2D eigenvalue weighted by Crippen LogP contribution is -2.34. The zero-order chi connectivity index (χ0) is 18.0. The second kappa shape index (κ2) is 6.89. The van der Waals surface area contributed by atoms with Gasteiger partial charge >= 0.3 is 6.09 Å². The molecule has 0 unspecified atom stereocenters. The van der Waals surface area contributed by atoms with Crippen molar-refractivity contribution in [2.75, 3.05) is 25.5 Å². The van der Waals surface area contributed by atoms with Gasteiger partial charge in [-0.15, -0.1) is 11.3 Å². The van der Waals surface area contributed by atoms with Crippen molar-refractivity contribution in [3.8, 4) is 11.3 Å². The molecule has 0 saturated heterocycles. The van der Waals surface area contributed by atoms with Gasteiger partial charge in [-0.2, -0.15) is 0 Å². The minimum Gasteiger partial charge on any atom is -0.440 e. The van der Waals surface area contributed by atoms with Crippen LogP contribution in [0.25, 0.3) is 11.3 Å². The van der Waals surface area contributed by atoms with E-state index < -0.39 is 18.6 Å². The minimum absolute atomic E-state index is 0.00421. The van der Waals surface area contributed by atoms with Crippen molar-refractivity contribution < 1.29 is 19.1 Å². The van der Waals surface area contributed by atoms with E-state index in [0.29, 0.717) is 22.9 Å². The predicted molar refractivity (Wildman–Crippen MR) is 92.4 cm³/mol. The van der Waals surface area contributed by atoms with Crippen molar-refractivity contribution in [2.45, 2.75) is 6.42 Å². The lowest BCUT2D eigenvalue weighted by Gasteiger charge is -2.25. The number of hydrogen-bond donors (Lipinski definition) is 2. The van der Waals surface area contributed by atoms with Crippen molar-refractivity contribution in [3.63, 3.8) is 0 Å². The molecule has 25 heavy (non-hydrogen) atoms. The van der Waals surface area contributed by atoms with Crippen LogP contribution < -0.4 is 11.1 Å². The van der Waals surface area contributed by atoms with Gasteiger partial charge in [-0.05, 0) is 18.1 Å². The Morgan fingerprint density at radius 1 is 1.44 bits per heavy atom. The van der Waals surface area contributed by atoms with Gasteiger partial charge in [0.15, 0.2) is 11.7 Å². The number of ether oxygens (including phenoxy) is 1. The van der Waals surface area contributed by atoms with E-state index in [2.05, 4.69) is 15.0 Å². The van der Waals surface area contributed by atoms with E-state index >= 15 is 0 Å². The van der Waals surface area contributed by atoms with Crippen molar-refractivity contribution in [2.24, 2.45) is 5.73 Å². The molecule has 1 aromatic carbocycles. The van der Waals surface area contributed by atoms with Crippen LogP contribution >= 0.6 is 11.3 Å². The third kappa shape index (κ3) is 3.77. The summed E-state index contributed by atoms with van der Waals surface area (Å²) in [5.74, 6) is -0.530. The van der Waals surface area contributed by atoms with E-state index in [1.54, 1.807) is 17.3 Å². The molecule has 0 saturated carbocycles. The number of aromatic nitrogens is 1. The number of rotatable bonds is 4. The molecule has 3 rings (SSSR count). The van der Waals surface area contributed by atoms with Crippen LogP contribution in [0, 0.1) is 0 Å². The summed E-state index contributed by atoms with van der Waals surface area (Å²) in [7, 11) is 1.78. The first-order valence-electron chi connectivity index (χ1n) is 7.50. The molecule has 0 atom stereocenters. The van der Waals surface area contributed by atoms with Crippen LogP contribution in [0.15, 0.2) is 23.6 Å². The van der Waals surface area contributed by atoms with E-state index in [-0.39, 0.29) is 5.91 Å². The molecule has 130 valence electrons. The molecule has 2 aromatic rings. The van der Waals surface area contributed by atoms with Crippen LogP contribution in [-0.2, 0) is 16.0 Å². The number of fused-ring (bicyclic) bond motifs is 1. The zero-order valence-corrected chi connectivity index (χ0v) is 14.3. The van der Waals surface area contributed by atoms with E-state index in [0.717, 1.165) is 17.5 Å². The number of hydrogen-bond acceptors (Lipinski definition) is 6. The molecule has 1 aliphatic heterocycles. The number of primary amides is 1. The molecule has 0 spiro atoms. The molecule has 8 nitrogen and oxygen atoms in total. The van der Waals surface area contributed by atoms with Gasteiger partial charge in [0, 0.05) is 30.1 Å². The Hall–Kier alpha value is -2.94. The molecule has 0 bridgehead atoms. The van der Waals surface area contributed by atoms with Crippen LogP contribution in [0.2, 0.25) is 0 Å². The largest absolute Gasteiger partial charge is 0.440 e. The molecule has 0 radical (unpaired) electrons. The summed E-state index contributed by atoms with van der Waals surface area (Å²) in [6.45, 7) is 0.245. The molecule has 9 heteroatoms. The van der Waals surface area contributed by atoms with Crippen LogP contribution in [0.3, 0.4) is 0 Å². The van der Waals surface area contributed by atoms with Crippen LogP contribution in [0.5, 0.6) is 0 Å². The number of nitrogens with zero attached hydrogens (tertiary/aromatic N) is 2. The number of amides is 3. The Labute approximate surface area is 147 Å². The lowest BCUT2D eigenvalue weighted by atomic mass is 9.96. The van der Waals surface area contributed by atoms with Gasteiger partial charge in [0.25, 0.3) is 11.8 Å². The zero-order valence-electron chi connectivity index (χ0n) is 13.4. The highest BCUT2D eigenvalue weighted by Crippen LogP contribution is 2.28. The highest BCUT2D eigenvalue weighted by Gasteiger charge is 2.22. The quantitative estimate of drug-likeness (QED) is 0.857. The second-order valence-corrected chi connectivity index (χ2v) is 6.40. The SMILES string of the molecule is CN1CCc2ccc(-c3csc(NC(=O)COC(N)=O)n3)cc2C1=O. The third-order valence-corrected chi connectivity index (χ3v) is 4.55. The van der Waals surface area contributed by atoms with Gasteiger partial charge in [0.05, 0.1) is 5.69 Å². The first-order chi connectivity index (χ1) is 11.9.